The molecule has 5 heteroatoms. The second kappa shape index (κ2) is 5.70. The van der Waals surface area contributed by atoms with Gasteiger partial charge in [-0.25, -0.2) is 0 Å². The van der Waals surface area contributed by atoms with Gasteiger partial charge in [-0.1, -0.05) is 0 Å². The number of carbonyl (C=O) groups is 2. The van der Waals surface area contributed by atoms with Crippen molar-refractivity contribution in [1.82, 2.24) is 10.2 Å². The number of hydrogen-bond donors (Lipinski definition) is 2. The van der Waals surface area contributed by atoms with Gasteiger partial charge in [-0.3, -0.25) is 9.59 Å². The second-order valence-electron chi connectivity index (χ2n) is 3.90. The van der Waals surface area contributed by atoms with E-state index in [0.717, 1.165) is 19.6 Å². The summed E-state index contributed by atoms with van der Waals surface area (Å²) in [6.45, 7) is 4.93. The van der Waals surface area contributed by atoms with E-state index in [0.29, 0.717) is 6.54 Å². The summed E-state index contributed by atoms with van der Waals surface area (Å²) in [5.74, 6) is -2.43. The van der Waals surface area contributed by atoms with Gasteiger partial charge in [-0.2, -0.15) is 0 Å². The molecule has 1 fully saturated rings. The van der Waals surface area contributed by atoms with E-state index in [-0.39, 0.29) is 0 Å². The molecule has 1 heterocycles. The van der Waals surface area contributed by atoms with E-state index in [1.54, 1.807) is 0 Å². The van der Waals surface area contributed by atoms with E-state index < -0.39 is 17.8 Å². The van der Waals surface area contributed by atoms with Gasteiger partial charge in [0.2, 0.25) is 5.91 Å². The van der Waals surface area contributed by atoms with E-state index in [9.17, 15) is 9.59 Å². The number of carboxylic acid groups (broad SMARTS) is 1. The quantitative estimate of drug-likeness (QED) is 0.628. The molecule has 2 N–H and O–H groups in total. The summed E-state index contributed by atoms with van der Waals surface area (Å²) >= 11 is 0. The third-order valence-electron chi connectivity index (χ3n) is 2.69. The number of nitrogens with one attached hydrogen (secondary N) is 1. The Morgan fingerprint density at radius 1 is 1.40 bits per heavy atom. The van der Waals surface area contributed by atoms with Crippen LogP contribution >= 0.6 is 0 Å². The predicted octanol–water partition coefficient (Wildman–Crippen LogP) is -0.0809. The van der Waals surface area contributed by atoms with Crippen LogP contribution in [0.25, 0.3) is 0 Å². The topological polar surface area (TPSA) is 69.6 Å². The van der Waals surface area contributed by atoms with Gasteiger partial charge in [0.15, 0.2) is 0 Å². The van der Waals surface area contributed by atoms with E-state index >= 15 is 0 Å². The molecule has 0 saturated carbocycles. The maximum absolute atomic E-state index is 11.2. The summed E-state index contributed by atoms with van der Waals surface area (Å²) in [4.78, 5) is 24.0. The summed E-state index contributed by atoms with van der Waals surface area (Å²) in [6.07, 6.45) is 2.44. The minimum absolute atomic E-state index is 0.401. The van der Waals surface area contributed by atoms with Crippen LogP contribution < -0.4 is 5.32 Å². The van der Waals surface area contributed by atoms with Crippen LogP contribution in [0.5, 0.6) is 0 Å². The summed E-state index contributed by atoms with van der Waals surface area (Å²) < 4.78 is 0. The minimum Gasteiger partial charge on any atom is -0.481 e. The number of hydrogen-bond acceptors (Lipinski definition) is 3. The fourth-order valence-electron chi connectivity index (χ4n) is 1.61. The third kappa shape index (κ3) is 3.87. The van der Waals surface area contributed by atoms with E-state index in [1.807, 2.05) is 0 Å². The van der Waals surface area contributed by atoms with Gasteiger partial charge in [-0.05, 0) is 32.9 Å². The van der Waals surface area contributed by atoms with Gasteiger partial charge in [0, 0.05) is 13.1 Å². The first-order valence-electron chi connectivity index (χ1n) is 5.34. The molecule has 0 radical (unpaired) electrons. The van der Waals surface area contributed by atoms with Crippen molar-refractivity contribution in [3.63, 3.8) is 0 Å². The molecule has 0 aromatic heterocycles. The molecule has 0 bridgehead atoms. The molecule has 86 valence electrons. The Bertz CT molecular complexity index is 237. The lowest BCUT2D eigenvalue weighted by atomic mass is 10.2. The molecule has 0 aliphatic carbocycles. The summed E-state index contributed by atoms with van der Waals surface area (Å²) in [6, 6.07) is 0. The second-order valence-corrected chi connectivity index (χ2v) is 3.90. The Balaban J connectivity index is 2.13. The van der Waals surface area contributed by atoms with Gasteiger partial charge in [-0.15, -0.1) is 0 Å². The normalized spacial score (nSPS) is 18.7. The number of likely N-dealkylation sites (tertiary alicyclic amines) is 1. The van der Waals surface area contributed by atoms with Crippen molar-refractivity contribution in [1.29, 1.82) is 0 Å². The lowest BCUT2D eigenvalue weighted by Crippen LogP contribution is -2.38. The molecule has 0 spiro atoms. The van der Waals surface area contributed by atoms with Crippen LogP contribution in [0, 0.1) is 5.92 Å². The molecule has 1 unspecified atom stereocenters. The molecule has 0 aromatic rings. The first-order valence-corrected chi connectivity index (χ1v) is 5.34. The molecule has 1 aliphatic heterocycles. The molecule has 1 aliphatic rings. The average molecular weight is 214 g/mol. The minimum atomic E-state index is -1.08. The Morgan fingerprint density at radius 2 is 2.00 bits per heavy atom. The number of rotatable bonds is 5. The van der Waals surface area contributed by atoms with Gasteiger partial charge in [0.25, 0.3) is 0 Å². The van der Waals surface area contributed by atoms with Gasteiger partial charge < -0.3 is 15.3 Å². The number of amides is 1. The molecular formula is C10H18N2O3. The molecule has 5 nitrogen and oxygen atoms in total. The zero-order chi connectivity index (χ0) is 11.3. The maximum Gasteiger partial charge on any atom is 0.315 e. The average Bonchev–Trinajstić information content (AvgIpc) is 2.69. The zero-order valence-electron chi connectivity index (χ0n) is 9.03. The van der Waals surface area contributed by atoms with Crippen molar-refractivity contribution in [3.05, 3.63) is 0 Å². The maximum atomic E-state index is 11.2. The summed E-state index contributed by atoms with van der Waals surface area (Å²) in [7, 11) is 0. The third-order valence-corrected chi connectivity index (χ3v) is 2.69. The highest BCUT2D eigenvalue weighted by Gasteiger charge is 2.20. The monoisotopic (exact) mass is 214 g/mol. The lowest BCUT2D eigenvalue weighted by molar-refractivity contribution is -0.146. The summed E-state index contributed by atoms with van der Waals surface area (Å²) in [5, 5.41) is 11.2. The van der Waals surface area contributed by atoms with Crippen molar-refractivity contribution in [2.75, 3.05) is 26.2 Å². The Morgan fingerprint density at radius 3 is 2.53 bits per heavy atom. The number of carboxylic acids is 1. The highest BCUT2D eigenvalue weighted by Crippen LogP contribution is 2.05. The van der Waals surface area contributed by atoms with Crippen LogP contribution in [0.15, 0.2) is 0 Å². The smallest absolute Gasteiger partial charge is 0.315 e. The van der Waals surface area contributed by atoms with Crippen LogP contribution in [0.2, 0.25) is 0 Å². The van der Waals surface area contributed by atoms with E-state index in [1.165, 1.54) is 19.8 Å². The van der Waals surface area contributed by atoms with Crippen molar-refractivity contribution in [2.24, 2.45) is 5.92 Å². The van der Waals surface area contributed by atoms with Crippen molar-refractivity contribution in [2.45, 2.75) is 19.8 Å². The predicted molar refractivity (Wildman–Crippen MR) is 55.5 cm³/mol. The first kappa shape index (κ1) is 12.0. The number of carbonyl (C=O) groups excluding carboxylic acids is 1. The van der Waals surface area contributed by atoms with E-state index in [2.05, 4.69) is 10.2 Å². The van der Waals surface area contributed by atoms with Crippen LogP contribution in [0.1, 0.15) is 19.8 Å². The van der Waals surface area contributed by atoms with Gasteiger partial charge in [0.05, 0.1) is 0 Å². The fourth-order valence-corrected chi connectivity index (χ4v) is 1.61. The largest absolute Gasteiger partial charge is 0.481 e. The van der Waals surface area contributed by atoms with Crippen molar-refractivity contribution >= 4 is 11.9 Å². The van der Waals surface area contributed by atoms with Crippen molar-refractivity contribution < 1.29 is 14.7 Å². The van der Waals surface area contributed by atoms with Gasteiger partial charge >= 0.3 is 5.97 Å². The van der Waals surface area contributed by atoms with E-state index in [4.69, 9.17) is 5.11 Å². The molecular weight excluding hydrogens is 196 g/mol. The SMILES string of the molecule is CC(C(=O)O)C(=O)NCCN1CCCC1. The Hall–Kier alpha value is -1.10. The van der Waals surface area contributed by atoms with Crippen molar-refractivity contribution in [3.8, 4) is 0 Å². The van der Waals surface area contributed by atoms with Crippen LogP contribution in [0.3, 0.4) is 0 Å². The molecule has 15 heavy (non-hydrogen) atoms. The highest BCUT2D eigenvalue weighted by molar-refractivity contribution is 5.96. The number of aliphatic carboxylic acids is 1. The highest BCUT2D eigenvalue weighted by atomic mass is 16.4. The Labute approximate surface area is 89.4 Å². The summed E-state index contributed by atoms with van der Waals surface area (Å²) in [5.41, 5.74) is 0. The molecule has 0 aromatic carbocycles. The standard InChI is InChI=1S/C10H18N2O3/c1-8(10(14)15)9(13)11-4-7-12-5-2-3-6-12/h8H,2-7H2,1H3,(H,11,13)(H,14,15). The fraction of sp³-hybridized carbons (Fsp3) is 0.800. The van der Waals surface area contributed by atoms with Crippen LogP contribution in [-0.2, 0) is 9.59 Å². The Kier molecular flexibility index (Phi) is 4.55. The molecule has 1 rings (SSSR count). The van der Waals surface area contributed by atoms with Gasteiger partial charge in [0.1, 0.15) is 5.92 Å². The molecule has 1 atom stereocenters. The van der Waals surface area contributed by atoms with Crippen LogP contribution in [0.4, 0.5) is 0 Å². The van der Waals surface area contributed by atoms with Crippen LogP contribution in [-0.4, -0.2) is 48.1 Å². The zero-order valence-corrected chi connectivity index (χ0v) is 9.03. The lowest BCUT2D eigenvalue weighted by Gasteiger charge is -2.15. The molecule has 1 amide bonds. The molecule has 1 saturated heterocycles. The first-order chi connectivity index (χ1) is 7.11. The number of nitrogens with zero attached hydrogens (tertiary/aromatic N) is 1.